The van der Waals surface area contributed by atoms with Gasteiger partial charge in [-0.15, -0.1) is 0 Å². The molecule has 3 N–H and O–H groups in total. The van der Waals surface area contributed by atoms with E-state index in [1.807, 2.05) is 6.92 Å². The first-order valence-electron chi connectivity index (χ1n) is 10.5. The summed E-state index contributed by atoms with van der Waals surface area (Å²) < 4.78 is 47.9. The largest absolute Gasteiger partial charge is 0.507 e. The molecule has 1 aliphatic heterocycles. The number of aromatic hydroxyl groups is 1. The summed E-state index contributed by atoms with van der Waals surface area (Å²) in [5.74, 6) is -5.32. The van der Waals surface area contributed by atoms with Gasteiger partial charge in [0.1, 0.15) is 23.5 Å². The van der Waals surface area contributed by atoms with Crippen molar-refractivity contribution < 1.29 is 47.2 Å². The number of nitrogens with one attached hydrogen (secondary N) is 1. The Labute approximate surface area is 194 Å². The van der Waals surface area contributed by atoms with Gasteiger partial charge >= 0.3 is 18.1 Å². The minimum absolute atomic E-state index is 0.162. The maximum absolute atomic E-state index is 12.8. The molecule has 1 aromatic carbocycles. The van der Waals surface area contributed by atoms with Crippen molar-refractivity contribution in [3.8, 4) is 5.75 Å². The zero-order chi connectivity index (χ0) is 25.6. The van der Waals surface area contributed by atoms with Gasteiger partial charge in [-0.2, -0.15) is 13.2 Å². The smallest absolute Gasteiger partial charge is 0.490 e. The van der Waals surface area contributed by atoms with Crippen LogP contribution in [0, 0.1) is 5.92 Å². The Bertz CT molecular complexity index is 988. The second-order valence-electron chi connectivity index (χ2n) is 7.75. The number of ketones is 1. The van der Waals surface area contributed by atoms with Crippen molar-refractivity contribution in [2.75, 3.05) is 11.9 Å². The minimum Gasteiger partial charge on any atom is -0.507 e. The Hall–Kier alpha value is -3.34. The molecule has 0 fully saturated rings. The number of anilines is 1. The van der Waals surface area contributed by atoms with Crippen LogP contribution in [-0.4, -0.2) is 59.0 Å². The third-order valence-corrected chi connectivity index (χ3v) is 5.13. The van der Waals surface area contributed by atoms with E-state index in [-0.39, 0.29) is 16.9 Å². The summed E-state index contributed by atoms with van der Waals surface area (Å²) in [5, 5.41) is 23.7. The van der Waals surface area contributed by atoms with Crippen molar-refractivity contribution in [3.63, 3.8) is 0 Å². The third kappa shape index (κ3) is 6.83. The van der Waals surface area contributed by atoms with Gasteiger partial charge in [-0.1, -0.05) is 25.2 Å². The van der Waals surface area contributed by atoms with Crippen molar-refractivity contribution in [2.24, 2.45) is 5.92 Å². The second kappa shape index (κ2) is 11.2. The molecule has 8 nitrogen and oxygen atoms in total. The van der Waals surface area contributed by atoms with Crippen molar-refractivity contribution >= 4 is 29.5 Å². The topological polar surface area (TPSA) is 122 Å². The van der Waals surface area contributed by atoms with Crippen LogP contribution in [0.1, 0.15) is 43.1 Å². The Morgan fingerprint density at radius 3 is 2.53 bits per heavy atom. The average Bonchev–Trinajstić information content (AvgIpc) is 2.74. The molecule has 1 unspecified atom stereocenters. The highest BCUT2D eigenvalue weighted by Gasteiger charge is 2.43. The number of fused-ring (bicyclic) bond motifs is 1. The molecule has 0 saturated heterocycles. The molecule has 2 rings (SSSR count). The molecule has 4 atom stereocenters. The summed E-state index contributed by atoms with van der Waals surface area (Å²) in [5.41, 5.74) is 0.436. The summed E-state index contributed by atoms with van der Waals surface area (Å²) in [6, 6.07) is 2.83. The van der Waals surface area contributed by atoms with E-state index >= 15 is 0 Å². The van der Waals surface area contributed by atoms with E-state index in [4.69, 9.17) is 4.74 Å². The lowest BCUT2D eigenvalue weighted by Crippen LogP contribution is -2.40. The highest BCUT2D eigenvalue weighted by atomic mass is 19.4. The standard InChI is InChI=1S/C23H26F3NO7/c1-4-27-15-10-14-6-5-7-18(34-22(32)23(24,25)26)20(30)16(28)9-8-12(2)13(3)33-21(31)19(14)17(29)11-15/h5-6,8-13,18,20,27,29-30H,4,7H2,1-3H3/b6-5+,9-8-/t12-,13?,18+,20-/m1/s1. The Balaban J connectivity index is 2.55. The lowest BCUT2D eigenvalue weighted by molar-refractivity contribution is -0.208. The van der Waals surface area contributed by atoms with Gasteiger partial charge in [0.25, 0.3) is 0 Å². The molecule has 0 aliphatic carbocycles. The van der Waals surface area contributed by atoms with Crippen LogP contribution in [0.5, 0.6) is 5.75 Å². The van der Waals surface area contributed by atoms with Gasteiger partial charge in [-0.05, 0) is 31.6 Å². The summed E-state index contributed by atoms with van der Waals surface area (Å²) in [6.45, 7) is 5.46. The van der Waals surface area contributed by atoms with Gasteiger partial charge in [-0.3, -0.25) is 4.79 Å². The Morgan fingerprint density at radius 2 is 1.91 bits per heavy atom. The maximum Gasteiger partial charge on any atom is 0.490 e. The number of esters is 2. The lowest BCUT2D eigenvalue weighted by atomic mass is 9.99. The Morgan fingerprint density at radius 1 is 1.24 bits per heavy atom. The number of aliphatic hydroxyl groups excluding tert-OH is 1. The first-order chi connectivity index (χ1) is 15.8. The molecular formula is C23H26F3NO7. The van der Waals surface area contributed by atoms with Crippen LogP contribution in [0.3, 0.4) is 0 Å². The number of carbonyl (C=O) groups is 3. The normalized spacial score (nSPS) is 26.0. The minimum atomic E-state index is -5.33. The predicted molar refractivity (Wildman–Crippen MR) is 116 cm³/mol. The highest BCUT2D eigenvalue weighted by molar-refractivity contribution is 5.98. The van der Waals surface area contributed by atoms with Gasteiger partial charge in [-0.25, -0.2) is 9.59 Å². The number of aliphatic hydroxyl groups is 1. The molecule has 0 amide bonds. The van der Waals surface area contributed by atoms with E-state index in [9.17, 15) is 37.8 Å². The number of benzene rings is 1. The van der Waals surface area contributed by atoms with Gasteiger partial charge < -0.3 is 25.0 Å². The number of halogens is 3. The number of phenols is 1. The second-order valence-corrected chi connectivity index (χ2v) is 7.75. The molecule has 0 radical (unpaired) electrons. The van der Waals surface area contributed by atoms with Crippen LogP contribution in [0.4, 0.5) is 18.9 Å². The van der Waals surface area contributed by atoms with Crippen molar-refractivity contribution in [1.82, 2.24) is 0 Å². The number of hydrogen-bond donors (Lipinski definition) is 3. The highest BCUT2D eigenvalue weighted by Crippen LogP contribution is 2.30. The molecule has 11 heteroatoms. The lowest BCUT2D eigenvalue weighted by Gasteiger charge is -2.22. The van der Waals surface area contributed by atoms with Crippen LogP contribution in [0.2, 0.25) is 0 Å². The molecule has 0 saturated carbocycles. The zero-order valence-corrected chi connectivity index (χ0v) is 18.8. The van der Waals surface area contributed by atoms with E-state index < -0.39 is 54.5 Å². The predicted octanol–water partition coefficient (Wildman–Crippen LogP) is 3.38. The quantitative estimate of drug-likeness (QED) is 0.557. The van der Waals surface area contributed by atoms with Gasteiger partial charge in [0.05, 0.1) is 0 Å². The fourth-order valence-electron chi connectivity index (χ4n) is 3.10. The fraction of sp³-hybridized carbons (Fsp3) is 0.435. The SMILES string of the molecule is CCNc1cc(O)c2c(c1)/C=C/C[C@H](OC(=O)C(F)(F)F)[C@H](O)C(=O)/C=C\[C@@H](C)C(C)OC2=O. The molecule has 186 valence electrons. The molecule has 0 bridgehead atoms. The molecular weight excluding hydrogens is 459 g/mol. The number of hydrogen-bond acceptors (Lipinski definition) is 8. The van der Waals surface area contributed by atoms with Crippen LogP contribution < -0.4 is 5.32 Å². The average molecular weight is 485 g/mol. The van der Waals surface area contributed by atoms with E-state index in [1.54, 1.807) is 13.8 Å². The summed E-state index contributed by atoms with van der Waals surface area (Å²) >= 11 is 0. The van der Waals surface area contributed by atoms with Gasteiger partial charge in [0.2, 0.25) is 0 Å². The van der Waals surface area contributed by atoms with Crippen molar-refractivity contribution in [1.29, 1.82) is 0 Å². The molecule has 34 heavy (non-hydrogen) atoms. The van der Waals surface area contributed by atoms with Crippen LogP contribution in [-0.2, 0) is 19.1 Å². The number of phenolic OH excluding ortho intramolecular Hbond substituents is 1. The van der Waals surface area contributed by atoms with E-state index in [1.165, 1.54) is 30.4 Å². The Kier molecular flexibility index (Phi) is 8.86. The van der Waals surface area contributed by atoms with Gasteiger partial charge in [0, 0.05) is 30.6 Å². The number of carbonyl (C=O) groups excluding carboxylic acids is 3. The maximum atomic E-state index is 12.8. The first-order valence-corrected chi connectivity index (χ1v) is 10.5. The molecule has 0 spiro atoms. The van der Waals surface area contributed by atoms with Crippen molar-refractivity contribution in [3.05, 3.63) is 41.5 Å². The van der Waals surface area contributed by atoms with E-state index in [2.05, 4.69) is 10.1 Å². The fourth-order valence-corrected chi connectivity index (χ4v) is 3.10. The summed E-state index contributed by atoms with van der Waals surface area (Å²) in [7, 11) is 0. The van der Waals surface area contributed by atoms with Crippen LogP contribution in [0.25, 0.3) is 6.08 Å². The summed E-state index contributed by atoms with van der Waals surface area (Å²) in [6.07, 6.45) is -5.75. The molecule has 0 aromatic heterocycles. The monoisotopic (exact) mass is 485 g/mol. The third-order valence-electron chi connectivity index (χ3n) is 5.13. The molecule has 1 heterocycles. The van der Waals surface area contributed by atoms with E-state index in [0.717, 1.165) is 6.08 Å². The molecule has 1 aromatic rings. The zero-order valence-electron chi connectivity index (χ0n) is 18.8. The number of rotatable bonds is 3. The van der Waals surface area contributed by atoms with Crippen LogP contribution in [0.15, 0.2) is 30.4 Å². The number of cyclic esters (lactones) is 1. The number of ether oxygens (including phenoxy) is 2. The first kappa shape index (κ1) is 26.9. The molecule has 1 aliphatic rings. The summed E-state index contributed by atoms with van der Waals surface area (Å²) in [4.78, 5) is 36.5. The van der Waals surface area contributed by atoms with Crippen LogP contribution >= 0.6 is 0 Å². The van der Waals surface area contributed by atoms with Gasteiger partial charge in [0.15, 0.2) is 11.9 Å². The van der Waals surface area contributed by atoms with E-state index in [0.29, 0.717) is 12.2 Å². The number of alkyl halides is 3. The van der Waals surface area contributed by atoms with Crippen molar-refractivity contribution in [2.45, 2.75) is 51.7 Å².